The predicted octanol–water partition coefficient (Wildman–Crippen LogP) is 3.38. The summed E-state index contributed by atoms with van der Waals surface area (Å²) in [6, 6.07) is 6.11. The summed E-state index contributed by atoms with van der Waals surface area (Å²) >= 11 is 3.68. The molecule has 1 spiro atoms. The number of esters is 1. The molecule has 3 saturated heterocycles. The van der Waals surface area contributed by atoms with Gasteiger partial charge in [-0.1, -0.05) is 35.9 Å². The molecule has 220 valence electrons. The van der Waals surface area contributed by atoms with Crippen molar-refractivity contribution < 1.29 is 29.0 Å². The monoisotopic (exact) mass is 619 g/mol. The Morgan fingerprint density at radius 2 is 1.85 bits per heavy atom. The summed E-state index contributed by atoms with van der Waals surface area (Å²) in [6.45, 7) is 15.4. The molecule has 40 heavy (non-hydrogen) atoms. The van der Waals surface area contributed by atoms with E-state index in [4.69, 9.17) is 9.47 Å². The van der Waals surface area contributed by atoms with Crippen molar-refractivity contribution in [2.75, 3.05) is 42.6 Å². The number of benzene rings is 1. The second kappa shape index (κ2) is 12.2. The highest BCUT2D eigenvalue weighted by molar-refractivity contribution is 9.09. The number of rotatable bonds is 12. The fourth-order valence-corrected chi connectivity index (χ4v) is 7.81. The van der Waals surface area contributed by atoms with Crippen molar-refractivity contribution in [3.63, 3.8) is 0 Å². The Bertz CT molecular complexity index is 1110. The van der Waals surface area contributed by atoms with Gasteiger partial charge in [-0.05, 0) is 57.4 Å². The van der Waals surface area contributed by atoms with E-state index in [0.29, 0.717) is 12.1 Å². The zero-order valence-electron chi connectivity index (χ0n) is 24.1. The molecule has 0 radical (unpaired) electrons. The molecule has 4 rings (SSSR count). The van der Waals surface area contributed by atoms with Crippen LogP contribution in [-0.2, 0) is 23.9 Å². The average Bonchev–Trinajstić information content (AvgIpc) is 3.52. The summed E-state index contributed by atoms with van der Waals surface area (Å²) in [7, 11) is 0. The summed E-state index contributed by atoms with van der Waals surface area (Å²) in [4.78, 5) is 47.2. The Balaban J connectivity index is 1.81. The number of ether oxygens (including phenoxy) is 2. The van der Waals surface area contributed by atoms with Crippen molar-refractivity contribution in [1.82, 2.24) is 4.90 Å². The number of halogens is 1. The van der Waals surface area contributed by atoms with Crippen LogP contribution < -0.4 is 9.80 Å². The molecule has 1 aromatic carbocycles. The lowest BCUT2D eigenvalue weighted by Crippen LogP contribution is -2.60. The molecule has 3 unspecified atom stereocenters. The highest BCUT2D eigenvalue weighted by Gasteiger charge is 2.77. The number of anilines is 2. The fourth-order valence-electron chi connectivity index (χ4n) is 6.86. The normalized spacial score (nSPS) is 29.4. The molecule has 3 aliphatic rings. The number of nitrogens with zero attached hydrogens (tertiary/aromatic N) is 3. The lowest BCUT2D eigenvalue weighted by molar-refractivity contribution is -0.155. The highest BCUT2D eigenvalue weighted by Crippen LogP contribution is 2.61. The third-order valence-electron chi connectivity index (χ3n) is 8.70. The number of amides is 2. The molecule has 3 fully saturated rings. The standard InChI is InChI=1S/C30H42BrN3O6/c1-7-15-33(20-13-11-19(12-14-20)32(8-2)9-3)28(37)26-30-16-21(31)25(40-30)23(29(38)39-10-4)24(30)27(36)34(26)22(17-35)18(5)6/h7,11-14,18,21-26,35H,1,8-10,15-17H2,2-6H3/t21?,22-,23+,24-,25+,26?,30?/m0/s1. The van der Waals surface area contributed by atoms with E-state index in [2.05, 4.69) is 41.3 Å². The number of carbonyl (C=O) groups excluding carboxylic acids is 3. The van der Waals surface area contributed by atoms with Crippen molar-refractivity contribution in [2.45, 2.75) is 69.7 Å². The molecule has 0 aliphatic carbocycles. The first-order valence-electron chi connectivity index (χ1n) is 14.3. The number of fused-ring (bicyclic) bond motifs is 1. The van der Waals surface area contributed by atoms with E-state index in [0.717, 1.165) is 18.8 Å². The van der Waals surface area contributed by atoms with Gasteiger partial charge < -0.3 is 29.3 Å². The van der Waals surface area contributed by atoms with Crippen molar-refractivity contribution in [3.8, 4) is 0 Å². The molecule has 0 saturated carbocycles. The highest BCUT2D eigenvalue weighted by atomic mass is 79.9. The van der Waals surface area contributed by atoms with E-state index in [1.807, 2.05) is 38.1 Å². The van der Waals surface area contributed by atoms with Gasteiger partial charge in [0, 0.05) is 35.8 Å². The third-order valence-corrected chi connectivity index (χ3v) is 9.55. The van der Waals surface area contributed by atoms with E-state index in [1.165, 1.54) is 4.90 Å². The van der Waals surface area contributed by atoms with E-state index in [-0.39, 0.29) is 42.3 Å². The molecule has 2 bridgehead atoms. The summed E-state index contributed by atoms with van der Waals surface area (Å²) < 4.78 is 11.9. The van der Waals surface area contributed by atoms with Gasteiger partial charge in [-0.3, -0.25) is 14.4 Å². The van der Waals surface area contributed by atoms with Crippen molar-refractivity contribution in [3.05, 3.63) is 36.9 Å². The van der Waals surface area contributed by atoms with Gasteiger partial charge in [-0.25, -0.2) is 0 Å². The Hall–Kier alpha value is -2.43. The first-order chi connectivity index (χ1) is 19.1. The lowest BCUT2D eigenvalue weighted by Gasteiger charge is -2.40. The second-order valence-corrected chi connectivity index (χ2v) is 12.3. The molecule has 3 aliphatic heterocycles. The van der Waals surface area contributed by atoms with E-state index in [1.54, 1.807) is 17.9 Å². The summed E-state index contributed by atoms with van der Waals surface area (Å²) in [5.41, 5.74) is 0.490. The van der Waals surface area contributed by atoms with Crippen molar-refractivity contribution >= 4 is 45.1 Å². The maximum absolute atomic E-state index is 14.7. The van der Waals surface area contributed by atoms with E-state index >= 15 is 0 Å². The Labute approximate surface area is 245 Å². The van der Waals surface area contributed by atoms with Gasteiger partial charge in [-0.2, -0.15) is 0 Å². The van der Waals surface area contributed by atoms with E-state index < -0.39 is 41.6 Å². The minimum absolute atomic E-state index is 0.140. The minimum atomic E-state index is -1.23. The number of alkyl halides is 1. The summed E-state index contributed by atoms with van der Waals surface area (Å²) in [5, 5.41) is 10.4. The first-order valence-corrected chi connectivity index (χ1v) is 15.2. The Morgan fingerprint density at radius 3 is 2.38 bits per heavy atom. The number of aliphatic hydroxyl groups is 1. The zero-order chi connectivity index (χ0) is 29.4. The smallest absolute Gasteiger partial charge is 0.312 e. The molecule has 0 aromatic heterocycles. The van der Waals surface area contributed by atoms with Crippen LogP contribution in [0, 0.1) is 17.8 Å². The quantitative estimate of drug-likeness (QED) is 0.217. The lowest BCUT2D eigenvalue weighted by atomic mass is 9.70. The maximum atomic E-state index is 14.7. The van der Waals surface area contributed by atoms with Crippen LogP contribution in [0.1, 0.15) is 41.0 Å². The number of likely N-dealkylation sites (tertiary alicyclic amines) is 1. The van der Waals surface area contributed by atoms with Crippen LogP contribution in [0.5, 0.6) is 0 Å². The van der Waals surface area contributed by atoms with Gasteiger partial charge in [0.25, 0.3) is 5.91 Å². The van der Waals surface area contributed by atoms with Crippen LogP contribution in [0.15, 0.2) is 36.9 Å². The summed E-state index contributed by atoms with van der Waals surface area (Å²) in [6.07, 6.45) is 1.45. The van der Waals surface area contributed by atoms with Gasteiger partial charge in [-0.15, -0.1) is 6.58 Å². The van der Waals surface area contributed by atoms with Crippen LogP contribution in [0.2, 0.25) is 0 Å². The zero-order valence-corrected chi connectivity index (χ0v) is 25.7. The molecule has 2 amide bonds. The molecule has 3 heterocycles. The average molecular weight is 621 g/mol. The fraction of sp³-hybridized carbons (Fsp3) is 0.633. The largest absolute Gasteiger partial charge is 0.466 e. The molecular formula is C30H42BrN3O6. The van der Waals surface area contributed by atoms with Crippen LogP contribution in [0.4, 0.5) is 11.4 Å². The second-order valence-electron chi connectivity index (χ2n) is 11.1. The number of aliphatic hydroxyl groups excluding tert-OH is 1. The molecule has 7 atom stereocenters. The molecule has 9 nitrogen and oxygen atoms in total. The van der Waals surface area contributed by atoms with Crippen LogP contribution in [-0.4, -0.2) is 89.3 Å². The topological polar surface area (TPSA) is 99.6 Å². The minimum Gasteiger partial charge on any atom is -0.466 e. The van der Waals surface area contributed by atoms with Gasteiger partial charge >= 0.3 is 5.97 Å². The molecule has 10 heteroatoms. The SMILES string of the molecule is C=CCN(C(=O)C1N([C@@H](CO)C(C)C)C(=O)[C@@H]2[C@@H](C(=O)OCC)[C@@H]3OC12CC3Br)c1ccc(N(CC)CC)cc1. The Morgan fingerprint density at radius 1 is 1.23 bits per heavy atom. The predicted molar refractivity (Wildman–Crippen MR) is 157 cm³/mol. The summed E-state index contributed by atoms with van der Waals surface area (Å²) in [5.74, 6) is -3.01. The van der Waals surface area contributed by atoms with Gasteiger partial charge in [0.15, 0.2) is 0 Å². The van der Waals surface area contributed by atoms with Gasteiger partial charge in [0.2, 0.25) is 5.91 Å². The Kier molecular flexibility index (Phi) is 9.31. The molecular weight excluding hydrogens is 578 g/mol. The van der Waals surface area contributed by atoms with Crippen molar-refractivity contribution in [2.24, 2.45) is 17.8 Å². The molecule has 1 aromatic rings. The number of hydrogen-bond donors (Lipinski definition) is 1. The van der Waals surface area contributed by atoms with Crippen LogP contribution in [0.25, 0.3) is 0 Å². The number of carbonyl (C=O) groups is 3. The van der Waals surface area contributed by atoms with Crippen molar-refractivity contribution in [1.29, 1.82) is 0 Å². The van der Waals surface area contributed by atoms with Gasteiger partial charge in [0.05, 0.1) is 37.2 Å². The van der Waals surface area contributed by atoms with Crippen LogP contribution in [0.3, 0.4) is 0 Å². The van der Waals surface area contributed by atoms with E-state index in [9.17, 15) is 19.5 Å². The van der Waals surface area contributed by atoms with Gasteiger partial charge in [0.1, 0.15) is 11.6 Å². The van der Waals surface area contributed by atoms with Crippen LogP contribution >= 0.6 is 15.9 Å². The number of hydrogen-bond acceptors (Lipinski definition) is 7. The first kappa shape index (κ1) is 30.5. The third kappa shape index (κ3) is 4.86. The molecule has 1 N–H and O–H groups in total. The maximum Gasteiger partial charge on any atom is 0.312 e.